The van der Waals surface area contributed by atoms with Gasteiger partial charge in [0.2, 0.25) is 0 Å². The highest BCUT2D eigenvalue weighted by Gasteiger charge is 2.39. The van der Waals surface area contributed by atoms with Crippen LogP contribution in [-0.4, -0.2) is 28.4 Å². The van der Waals surface area contributed by atoms with Crippen molar-refractivity contribution in [3.05, 3.63) is 28.0 Å². The molecule has 0 aliphatic heterocycles. The van der Waals surface area contributed by atoms with Gasteiger partial charge in [0.1, 0.15) is 10.7 Å². The predicted molar refractivity (Wildman–Crippen MR) is 77.8 cm³/mol. The molecule has 0 saturated heterocycles. The molecule has 0 bridgehead atoms. The monoisotopic (exact) mass is 311 g/mol. The number of hydrogen-bond donors (Lipinski definition) is 0. The number of carbonyl (C=O) groups is 1. The van der Waals surface area contributed by atoms with Crippen LogP contribution in [0.4, 0.5) is 0 Å². The average molecular weight is 312 g/mol. The molecule has 1 aromatic rings. The van der Waals surface area contributed by atoms with Gasteiger partial charge in [-0.2, -0.15) is 5.26 Å². The molecule has 1 fully saturated rings. The summed E-state index contributed by atoms with van der Waals surface area (Å²) in [5.74, 6) is -0.289. The lowest BCUT2D eigenvalue weighted by molar-refractivity contribution is 0.0589. The predicted octanol–water partition coefficient (Wildman–Crippen LogP) is 3.69. The molecule has 1 saturated carbocycles. The number of nitrogens with zero attached hydrogens (tertiary/aromatic N) is 3. The highest BCUT2D eigenvalue weighted by atomic mass is 35.5. The molecular weight excluding hydrogens is 297 g/mol. The number of rotatable bonds is 2. The molecule has 2 rings (SSSR count). The minimum absolute atomic E-state index is 0.209. The fourth-order valence-corrected chi connectivity index (χ4v) is 2.95. The number of carbonyl (C=O) groups excluding carboxylic acids is 1. The largest absolute Gasteiger partial charge is 0.323 e. The van der Waals surface area contributed by atoms with Gasteiger partial charge in [-0.25, -0.2) is 4.98 Å². The van der Waals surface area contributed by atoms with Crippen LogP contribution in [0.25, 0.3) is 0 Å². The molecule has 0 atom stereocenters. The van der Waals surface area contributed by atoms with Crippen LogP contribution >= 0.6 is 23.2 Å². The van der Waals surface area contributed by atoms with E-state index in [1.165, 1.54) is 17.2 Å². The Morgan fingerprint density at radius 3 is 2.65 bits per heavy atom. The lowest BCUT2D eigenvalue weighted by atomic mass is 9.81. The van der Waals surface area contributed by atoms with Crippen LogP contribution in [-0.2, 0) is 0 Å². The van der Waals surface area contributed by atoms with E-state index >= 15 is 0 Å². The van der Waals surface area contributed by atoms with Crippen LogP contribution in [0.15, 0.2) is 12.3 Å². The molecule has 0 aromatic carbocycles. The summed E-state index contributed by atoms with van der Waals surface area (Å²) < 4.78 is 0. The van der Waals surface area contributed by atoms with Gasteiger partial charge in [-0.3, -0.25) is 4.79 Å². The maximum atomic E-state index is 12.6. The smallest absolute Gasteiger partial charge is 0.256 e. The fraction of sp³-hybridized carbons (Fsp3) is 0.500. The van der Waals surface area contributed by atoms with Gasteiger partial charge in [0.25, 0.3) is 5.91 Å². The Kier molecular flexibility index (Phi) is 4.52. The van der Waals surface area contributed by atoms with E-state index < -0.39 is 5.54 Å². The third-order valence-electron chi connectivity index (χ3n) is 3.89. The molecule has 1 aliphatic rings. The van der Waals surface area contributed by atoms with Crippen molar-refractivity contribution in [2.45, 2.75) is 37.6 Å². The third kappa shape index (κ3) is 2.74. The molecule has 20 heavy (non-hydrogen) atoms. The van der Waals surface area contributed by atoms with Gasteiger partial charge in [-0.1, -0.05) is 42.5 Å². The molecule has 106 valence electrons. The van der Waals surface area contributed by atoms with Crippen LogP contribution in [0.1, 0.15) is 42.5 Å². The van der Waals surface area contributed by atoms with E-state index in [1.54, 1.807) is 7.05 Å². The minimum Gasteiger partial charge on any atom is -0.323 e. The molecule has 6 heteroatoms. The minimum atomic E-state index is -0.742. The van der Waals surface area contributed by atoms with Crippen LogP contribution in [0, 0.1) is 11.3 Å². The van der Waals surface area contributed by atoms with E-state index in [0.29, 0.717) is 12.8 Å². The standard InChI is InChI=1S/C14H15Cl2N3O/c1-19(14(9-17)5-3-2-4-6-14)13(20)10-7-12(16)18-8-11(10)15/h7-8H,2-6H2,1H3. The van der Waals surface area contributed by atoms with E-state index in [-0.39, 0.29) is 21.6 Å². The summed E-state index contributed by atoms with van der Waals surface area (Å²) in [5, 5.41) is 9.97. The molecule has 0 spiro atoms. The Hall–Kier alpha value is -1.31. The zero-order valence-electron chi connectivity index (χ0n) is 11.2. The second-order valence-corrected chi connectivity index (χ2v) is 5.85. The number of hydrogen-bond acceptors (Lipinski definition) is 3. The van der Waals surface area contributed by atoms with Crippen molar-refractivity contribution in [3.63, 3.8) is 0 Å². The molecule has 0 N–H and O–H groups in total. The molecule has 1 amide bonds. The normalized spacial score (nSPS) is 17.3. The summed E-state index contributed by atoms with van der Waals surface area (Å²) in [6.07, 6.45) is 5.76. The van der Waals surface area contributed by atoms with E-state index in [1.807, 2.05) is 0 Å². The van der Waals surface area contributed by atoms with Crippen molar-refractivity contribution in [2.24, 2.45) is 0 Å². The fourth-order valence-electron chi connectivity index (χ4n) is 2.61. The van der Waals surface area contributed by atoms with Crippen molar-refractivity contribution in [2.75, 3.05) is 7.05 Å². The number of nitriles is 1. The average Bonchev–Trinajstić information content (AvgIpc) is 2.49. The Bertz CT molecular complexity index is 562. The first-order chi connectivity index (χ1) is 9.50. The van der Waals surface area contributed by atoms with Gasteiger partial charge in [-0.05, 0) is 18.9 Å². The summed E-state index contributed by atoms with van der Waals surface area (Å²) >= 11 is 11.8. The number of halogens is 2. The Morgan fingerprint density at radius 2 is 2.05 bits per heavy atom. The summed E-state index contributed by atoms with van der Waals surface area (Å²) in [6, 6.07) is 3.76. The third-order valence-corrected chi connectivity index (χ3v) is 4.40. The summed E-state index contributed by atoms with van der Waals surface area (Å²) in [5.41, 5.74) is -0.455. The van der Waals surface area contributed by atoms with Crippen LogP contribution in [0.2, 0.25) is 10.2 Å². The van der Waals surface area contributed by atoms with Crippen molar-refractivity contribution in [3.8, 4) is 6.07 Å². The molecule has 0 radical (unpaired) electrons. The second kappa shape index (κ2) is 5.99. The van der Waals surface area contributed by atoms with Crippen LogP contribution in [0.5, 0.6) is 0 Å². The zero-order valence-corrected chi connectivity index (χ0v) is 12.7. The van der Waals surface area contributed by atoms with Crippen LogP contribution in [0.3, 0.4) is 0 Å². The highest BCUT2D eigenvalue weighted by Crippen LogP contribution is 2.34. The van der Waals surface area contributed by atoms with Gasteiger partial charge in [0.15, 0.2) is 0 Å². The lowest BCUT2D eigenvalue weighted by Crippen LogP contribution is -2.49. The Balaban J connectivity index is 2.32. The molecule has 1 heterocycles. The molecule has 0 unspecified atom stereocenters. The van der Waals surface area contributed by atoms with Crippen molar-refractivity contribution in [1.29, 1.82) is 5.26 Å². The maximum Gasteiger partial charge on any atom is 0.256 e. The van der Waals surface area contributed by atoms with Crippen molar-refractivity contribution < 1.29 is 4.79 Å². The molecule has 1 aliphatic carbocycles. The van der Waals surface area contributed by atoms with Gasteiger partial charge in [-0.15, -0.1) is 0 Å². The van der Waals surface area contributed by atoms with E-state index in [9.17, 15) is 10.1 Å². The quantitative estimate of drug-likeness (QED) is 0.783. The van der Waals surface area contributed by atoms with Crippen LogP contribution < -0.4 is 0 Å². The van der Waals surface area contributed by atoms with Crippen molar-refractivity contribution >= 4 is 29.1 Å². The van der Waals surface area contributed by atoms with E-state index in [2.05, 4.69) is 11.1 Å². The highest BCUT2D eigenvalue weighted by molar-refractivity contribution is 6.35. The first-order valence-electron chi connectivity index (χ1n) is 6.51. The molecule has 1 aromatic heterocycles. The first-order valence-corrected chi connectivity index (χ1v) is 7.26. The summed E-state index contributed by atoms with van der Waals surface area (Å²) in [6.45, 7) is 0. The molecule has 4 nitrogen and oxygen atoms in total. The van der Waals surface area contributed by atoms with Gasteiger partial charge >= 0.3 is 0 Å². The van der Waals surface area contributed by atoms with E-state index in [0.717, 1.165) is 19.3 Å². The Morgan fingerprint density at radius 1 is 1.40 bits per heavy atom. The first kappa shape index (κ1) is 15.1. The summed E-state index contributed by atoms with van der Waals surface area (Å²) in [7, 11) is 1.65. The summed E-state index contributed by atoms with van der Waals surface area (Å²) in [4.78, 5) is 17.9. The van der Waals surface area contributed by atoms with Gasteiger partial charge in [0, 0.05) is 13.2 Å². The topological polar surface area (TPSA) is 57.0 Å². The maximum absolute atomic E-state index is 12.6. The van der Waals surface area contributed by atoms with Gasteiger partial charge < -0.3 is 4.90 Å². The number of aromatic nitrogens is 1. The number of amides is 1. The molecular formula is C14H15Cl2N3O. The van der Waals surface area contributed by atoms with E-state index in [4.69, 9.17) is 23.2 Å². The zero-order chi connectivity index (χ0) is 14.8. The Labute approximate surface area is 128 Å². The number of pyridine rings is 1. The second-order valence-electron chi connectivity index (χ2n) is 5.06. The SMILES string of the molecule is CN(C(=O)c1cc(Cl)ncc1Cl)C1(C#N)CCCCC1. The van der Waals surface area contributed by atoms with Crippen molar-refractivity contribution in [1.82, 2.24) is 9.88 Å². The van der Waals surface area contributed by atoms with Gasteiger partial charge in [0.05, 0.1) is 16.7 Å². The lowest BCUT2D eigenvalue weighted by Gasteiger charge is -2.39.